The zero-order valence-corrected chi connectivity index (χ0v) is 21.7. The molecule has 1 aromatic heterocycles. The minimum atomic E-state index is -0.421. The Bertz CT molecular complexity index is 1200. The molecule has 0 aliphatic heterocycles. The topological polar surface area (TPSA) is 150 Å². The van der Waals surface area contributed by atoms with Crippen molar-refractivity contribution in [3.8, 4) is 11.5 Å². The highest BCUT2D eigenvalue weighted by Gasteiger charge is 2.26. The van der Waals surface area contributed by atoms with Crippen LogP contribution in [-0.4, -0.2) is 48.1 Å². The van der Waals surface area contributed by atoms with E-state index in [0.717, 1.165) is 31.1 Å². The Hall–Kier alpha value is -3.50. The van der Waals surface area contributed by atoms with E-state index in [9.17, 15) is 4.79 Å². The summed E-state index contributed by atoms with van der Waals surface area (Å²) in [6, 6.07) is 12.4. The van der Waals surface area contributed by atoms with E-state index in [-0.39, 0.29) is 48.7 Å². The molecule has 1 saturated carbocycles. The second-order valence-electron chi connectivity index (χ2n) is 8.12. The van der Waals surface area contributed by atoms with Crippen LogP contribution < -0.4 is 31.6 Å². The van der Waals surface area contributed by atoms with Crippen LogP contribution >= 0.6 is 24.8 Å². The average Bonchev–Trinajstić information content (AvgIpc) is 2.85. The number of hydrogen-bond acceptors (Lipinski definition) is 7. The van der Waals surface area contributed by atoms with Crippen molar-refractivity contribution in [3.05, 3.63) is 48.3 Å². The molecule has 2 aromatic carbocycles. The van der Waals surface area contributed by atoms with Gasteiger partial charge in [-0.3, -0.25) is 4.79 Å². The third-order valence-electron chi connectivity index (χ3n) is 5.82. The third-order valence-corrected chi connectivity index (χ3v) is 5.82. The number of rotatable bonds is 7. The molecule has 0 radical (unpaired) electrons. The molecule has 1 fully saturated rings. The number of amides is 1. The maximum Gasteiger partial charge on any atom is 0.293 e. The van der Waals surface area contributed by atoms with Crippen molar-refractivity contribution in [1.29, 1.82) is 0 Å². The number of methoxy groups -OCH3 is 2. The summed E-state index contributed by atoms with van der Waals surface area (Å²) < 4.78 is 10.6. The van der Waals surface area contributed by atoms with Crippen LogP contribution in [0, 0.1) is 0 Å². The molecule has 0 saturated heterocycles. The van der Waals surface area contributed by atoms with Gasteiger partial charge in [0.1, 0.15) is 17.3 Å². The van der Waals surface area contributed by atoms with Gasteiger partial charge in [-0.15, -0.1) is 24.8 Å². The first-order valence-electron chi connectivity index (χ1n) is 11.1. The lowest BCUT2D eigenvalue weighted by molar-refractivity contribution is 0.101. The molecule has 0 unspecified atom stereocenters. The number of benzene rings is 2. The van der Waals surface area contributed by atoms with Gasteiger partial charge in [0.25, 0.3) is 5.91 Å². The summed E-state index contributed by atoms with van der Waals surface area (Å²) in [7, 11) is 3.19. The van der Waals surface area contributed by atoms with E-state index < -0.39 is 5.91 Å². The number of fused-ring (bicyclic) bond motifs is 1. The summed E-state index contributed by atoms with van der Waals surface area (Å²) in [6.07, 6.45) is 3.84. The van der Waals surface area contributed by atoms with Gasteiger partial charge in [0, 0.05) is 11.1 Å². The molecule has 194 valence electrons. The highest BCUT2D eigenvalue weighted by Crippen LogP contribution is 2.30. The standard InChI is InChI=1S/C24H29N7O3.2ClH/c1-33-15-9-7-14(8-10-15)27-23(32)22-28-18-12-11-16(34-2)13-17(18)21(31-22)29-19-5-3-4-6-20(19)30-24(25)26;;/h7-13,19-20H,3-6H2,1-2H3,(H,27,32)(H4,25,26,30)(H,28,29,31);2*1H/t19-,20+;;/m0../s1. The molecule has 3 aromatic rings. The SMILES string of the molecule is COc1ccc(NC(=O)c2nc(N[C@H]3CCCC[C@H]3N=C(N)N)c3cc(OC)ccc3n2)cc1.Cl.Cl. The van der Waals surface area contributed by atoms with Gasteiger partial charge < -0.3 is 31.6 Å². The van der Waals surface area contributed by atoms with Crippen LogP contribution in [0.15, 0.2) is 47.5 Å². The number of nitrogens with one attached hydrogen (secondary N) is 2. The number of guanidine groups is 1. The quantitative estimate of drug-likeness (QED) is 0.264. The van der Waals surface area contributed by atoms with E-state index in [2.05, 4.69) is 25.6 Å². The normalized spacial score (nSPS) is 16.6. The van der Waals surface area contributed by atoms with Crippen molar-refractivity contribution in [1.82, 2.24) is 9.97 Å². The molecule has 1 amide bonds. The number of aliphatic imine (C=N–C) groups is 1. The lowest BCUT2D eigenvalue weighted by Crippen LogP contribution is -2.38. The fourth-order valence-corrected chi connectivity index (χ4v) is 4.11. The van der Waals surface area contributed by atoms with Crippen LogP contribution in [0.1, 0.15) is 36.3 Å². The number of nitrogens with two attached hydrogens (primary N) is 2. The fraction of sp³-hybridized carbons (Fsp3) is 0.333. The molecule has 1 aliphatic rings. The Morgan fingerprint density at radius 2 is 1.64 bits per heavy atom. The molecular formula is C24H31Cl2N7O3. The van der Waals surface area contributed by atoms with Crippen LogP contribution in [-0.2, 0) is 0 Å². The number of aromatic nitrogens is 2. The minimum absolute atomic E-state index is 0. The molecule has 10 nitrogen and oxygen atoms in total. The lowest BCUT2D eigenvalue weighted by Gasteiger charge is -2.30. The molecule has 4 rings (SSSR count). The van der Waals surface area contributed by atoms with Gasteiger partial charge in [-0.2, -0.15) is 0 Å². The minimum Gasteiger partial charge on any atom is -0.497 e. The Labute approximate surface area is 222 Å². The summed E-state index contributed by atoms with van der Waals surface area (Å²) in [6.45, 7) is 0. The highest BCUT2D eigenvalue weighted by molar-refractivity contribution is 6.04. The predicted molar refractivity (Wildman–Crippen MR) is 147 cm³/mol. The van der Waals surface area contributed by atoms with Crippen LogP contribution in [0.25, 0.3) is 10.9 Å². The Balaban J connectivity index is 0.00000228. The van der Waals surface area contributed by atoms with Crippen LogP contribution in [0.5, 0.6) is 11.5 Å². The van der Waals surface area contributed by atoms with Gasteiger partial charge in [-0.05, 0) is 55.3 Å². The second-order valence-corrected chi connectivity index (χ2v) is 8.12. The molecule has 2 atom stereocenters. The number of hydrogen-bond donors (Lipinski definition) is 4. The molecule has 6 N–H and O–H groups in total. The number of carbonyl (C=O) groups excluding carboxylic acids is 1. The third kappa shape index (κ3) is 6.79. The smallest absolute Gasteiger partial charge is 0.293 e. The van der Waals surface area contributed by atoms with Crippen LogP contribution in [0.4, 0.5) is 11.5 Å². The Kier molecular flexibility index (Phi) is 10.4. The first-order valence-corrected chi connectivity index (χ1v) is 11.1. The van der Waals surface area contributed by atoms with E-state index in [1.54, 1.807) is 50.6 Å². The van der Waals surface area contributed by atoms with Gasteiger partial charge in [0.05, 0.1) is 31.8 Å². The zero-order valence-electron chi connectivity index (χ0n) is 20.1. The molecular weight excluding hydrogens is 505 g/mol. The van der Waals surface area contributed by atoms with Gasteiger partial charge in [0.15, 0.2) is 5.96 Å². The molecule has 1 aliphatic carbocycles. The number of halogens is 2. The van der Waals surface area contributed by atoms with Gasteiger partial charge in [0.2, 0.25) is 5.82 Å². The number of anilines is 2. The number of ether oxygens (including phenoxy) is 2. The summed E-state index contributed by atoms with van der Waals surface area (Å²) in [4.78, 5) is 26.5. The van der Waals surface area contributed by atoms with Gasteiger partial charge >= 0.3 is 0 Å². The van der Waals surface area contributed by atoms with Crippen molar-refractivity contribution < 1.29 is 14.3 Å². The monoisotopic (exact) mass is 535 g/mol. The van der Waals surface area contributed by atoms with E-state index in [1.165, 1.54) is 0 Å². The fourth-order valence-electron chi connectivity index (χ4n) is 4.11. The molecule has 1 heterocycles. The number of nitrogens with zero attached hydrogens (tertiary/aromatic N) is 3. The molecule has 12 heteroatoms. The van der Waals surface area contributed by atoms with Crippen LogP contribution in [0.2, 0.25) is 0 Å². The first-order chi connectivity index (χ1) is 16.5. The second kappa shape index (κ2) is 13.0. The molecule has 0 spiro atoms. The van der Waals surface area contributed by atoms with Gasteiger partial charge in [-0.1, -0.05) is 12.8 Å². The highest BCUT2D eigenvalue weighted by atomic mass is 35.5. The summed E-state index contributed by atoms with van der Waals surface area (Å²) >= 11 is 0. The van der Waals surface area contributed by atoms with E-state index in [0.29, 0.717) is 28.5 Å². The summed E-state index contributed by atoms with van der Waals surface area (Å²) in [5.41, 5.74) is 12.5. The van der Waals surface area contributed by atoms with Crippen LogP contribution in [0.3, 0.4) is 0 Å². The zero-order chi connectivity index (χ0) is 24.1. The maximum absolute atomic E-state index is 13.0. The largest absolute Gasteiger partial charge is 0.497 e. The van der Waals surface area contributed by atoms with Crippen molar-refractivity contribution in [3.63, 3.8) is 0 Å². The molecule has 0 bridgehead atoms. The summed E-state index contributed by atoms with van der Waals surface area (Å²) in [5, 5.41) is 7.06. The van der Waals surface area contributed by atoms with E-state index in [1.807, 2.05) is 6.07 Å². The van der Waals surface area contributed by atoms with Crippen molar-refractivity contribution in [2.75, 3.05) is 24.9 Å². The van der Waals surface area contributed by atoms with Crippen molar-refractivity contribution in [2.24, 2.45) is 16.5 Å². The van der Waals surface area contributed by atoms with E-state index >= 15 is 0 Å². The first kappa shape index (κ1) is 28.7. The predicted octanol–water partition coefficient (Wildman–Crippen LogP) is 3.74. The van der Waals surface area contributed by atoms with Crippen molar-refractivity contribution >= 4 is 59.1 Å². The number of carbonyl (C=O) groups is 1. The maximum atomic E-state index is 13.0. The van der Waals surface area contributed by atoms with Gasteiger partial charge in [-0.25, -0.2) is 15.0 Å². The molecule has 36 heavy (non-hydrogen) atoms. The Morgan fingerprint density at radius 3 is 2.31 bits per heavy atom. The summed E-state index contributed by atoms with van der Waals surface area (Å²) in [5.74, 6) is 1.58. The van der Waals surface area contributed by atoms with E-state index in [4.69, 9.17) is 20.9 Å². The van der Waals surface area contributed by atoms with Crippen molar-refractivity contribution in [2.45, 2.75) is 37.8 Å². The Morgan fingerprint density at radius 1 is 0.972 bits per heavy atom. The average molecular weight is 536 g/mol. The lowest BCUT2D eigenvalue weighted by atomic mass is 9.90.